The lowest BCUT2D eigenvalue weighted by Gasteiger charge is -2.42. The molecule has 40 heavy (non-hydrogen) atoms. The zero-order valence-corrected chi connectivity index (χ0v) is 22.8. The van der Waals surface area contributed by atoms with Crippen LogP contribution >= 0.6 is 0 Å². The van der Waals surface area contributed by atoms with E-state index in [1.807, 2.05) is 28.0 Å². The number of fused-ring (bicyclic) bond motifs is 4. The Morgan fingerprint density at radius 2 is 1.90 bits per heavy atom. The molecule has 0 radical (unpaired) electrons. The number of carbonyl (C=O) groups excluding carboxylic acids is 1. The van der Waals surface area contributed by atoms with Crippen molar-refractivity contribution in [2.45, 2.75) is 76.2 Å². The molecule has 3 aromatic rings. The fourth-order valence-corrected chi connectivity index (χ4v) is 6.87. The number of aliphatic hydroxyl groups excluding tert-OH is 2. The number of hydrogen-bond acceptors (Lipinski definition) is 10. The molecule has 7 heterocycles. The summed E-state index contributed by atoms with van der Waals surface area (Å²) in [7, 11) is 0. The number of rotatable bonds is 7. The first-order valence-corrected chi connectivity index (χ1v) is 14.5. The van der Waals surface area contributed by atoms with Crippen LogP contribution in [0, 0.1) is 0 Å². The van der Waals surface area contributed by atoms with E-state index in [4.69, 9.17) is 15.0 Å². The van der Waals surface area contributed by atoms with Gasteiger partial charge in [-0.15, -0.1) is 0 Å². The van der Waals surface area contributed by atoms with Crippen molar-refractivity contribution in [2.24, 2.45) is 0 Å². The summed E-state index contributed by atoms with van der Waals surface area (Å²) < 4.78 is 0. The summed E-state index contributed by atoms with van der Waals surface area (Å²) in [4.78, 5) is 38.6. The van der Waals surface area contributed by atoms with Gasteiger partial charge in [0.15, 0.2) is 5.82 Å². The van der Waals surface area contributed by atoms with Gasteiger partial charge in [-0.3, -0.25) is 9.69 Å². The second-order valence-electron chi connectivity index (χ2n) is 11.5. The quantitative estimate of drug-likeness (QED) is 0.407. The molecule has 2 atom stereocenters. The minimum Gasteiger partial charge on any atom is -0.395 e. The standard InChI is InChI=1S/C29H36N8O3/c1-17(39)23-14-19-15-30-29(34-26(19)27(32-23)37-20-3-4-21(37)6-5-20)33-25-7-2-18-16-36(10-8-22(18)31-25)28(40)24-9-11-35(24)12-13-38/h2,7,14-15,17,20-21,24,38-39H,3-6,8-13,16H2,1H3,(H,30,31,33,34)/t17?,20?,21?,24-/m0/s1. The predicted molar refractivity (Wildman–Crippen MR) is 150 cm³/mol. The van der Waals surface area contributed by atoms with Gasteiger partial charge in [0.1, 0.15) is 11.3 Å². The molecule has 4 aliphatic heterocycles. The fraction of sp³-hybridized carbons (Fsp3) is 0.552. The molecule has 0 spiro atoms. The lowest BCUT2D eigenvalue weighted by Crippen LogP contribution is -2.58. The van der Waals surface area contributed by atoms with Crippen molar-refractivity contribution in [2.75, 3.05) is 36.5 Å². The summed E-state index contributed by atoms with van der Waals surface area (Å²) in [6.07, 6.45) is 7.36. The van der Waals surface area contributed by atoms with E-state index in [9.17, 15) is 15.0 Å². The van der Waals surface area contributed by atoms with Crippen molar-refractivity contribution in [1.29, 1.82) is 0 Å². The highest BCUT2D eigenvalue weighted by atomic mass is 16.3. The van der Waals surface area contributed by atoms with Gasteiger partial charge in [-0.2, -0.15) is 0 Å². The van der Waals surface area contributed by atoms with Crippen LogP contribution in [-0.2, 0) is 17.8 Å². The highest BCUT2D eigenvalue weighted by molar-refractivity contribution is 5.90. The normalized spacial score (nSPS) is 24.7. The van der Waals surface area contributed by atoms with Crippen molar-refractivity contribution in [3.05, 3.63) is 41.3 Å². The molecule has 0 aliphatic carbocycles. The smallest absolute Gasteiger partial charge is 0.240 e. The number of nitrogens with zero attached hydrogens (tertiary/aromatic N) is 7. The monoisotopic (exact) mass is 544 g/mol. The average Bonchev–Trinajstić information content (AvgIpc) is 3.55. The van der Waals surface area contributed by atoms with Gasteiger partial charge in [-0.25, -0.2) is 19.9 Å². The Balaban J connectivity index is 1.11. The van der Waals surface area contributed by atoms with Gasteiger partial charge < -0.3 is 25.3 Å². The fourth-order valence-electron chi connectivity index (χ4n) is 6.87. The van der Waals surface area contributed by atoms with E-state index in [0.717, 1.165) is 40.9 Å². The molecule has 1 unspecified atom stereocenters. The van der Waals surface area contributed by atoms with E-state index in [-0.39, 0.29) is 18.6 Å². The third-order valence-electron chi connectivity index (χ3n) is 9.10. The second kappa shape index (κ2) is 10.2. The molecule has 210 valence electrons. The molecule has 3 N–H and O–H groups in total. The van der Waals surface area contributed by atoms with Gasteiger partial charge in [0.2, 0.25) is 11.9 Å². The summed E-state index contributed by atoms with van der Waals surface area (Å²) in [6, 6.07) is 6.67. The van der Waals surface area contributed by atoms with Crippen LogP contribution in [0.3, 0.4) is 0 Å². The summed E-state index contributed by atoms with van der Waals surface area (Å²) in [5.41, 5.74) is 3.46. The molecule has 11 nitrogen and oxygen atoms in total. The molecule has 3 saturated heterocycles. The van der Waals surface area contributed by atoms with Gasteiger partial charge in [0, 0.05) is 62.0 Å². The first kappa shape index (κ1) is 25.6. The number of amides is 1. The minimum absolute atomic E-state index is 0.0766. The van der Waals surface area contributed by atoms with Gasteiger partial charge in [-0.05, 0) is 56.7 Å². The van der Waals surface area contributed by atoms with Crippen LogP contribution in [-0.4, -0.2) is 90.2 Å². The lowest BCUT2D eigenvalue weighted by molar-refractivity contribution is -0.143. The van der Waals surface area contributed by atoms with Gasteiger partial charge >= 0.3 is 0 Å². The maximum absolute atomic E-state index is 13.0. The van der Waals surface area contributed by atoms with Crippen molar-refractivity contribution in [3.8, 4) is 0 Å². The highest BCUT2D eigenvalue weighted by Gasteiger charge is 2.41. The summed E-state index contributed by atoms with van der Waals surface area (Å²) >= 11 is 0. The molecule has 0 aromatic carbocycles. The average molecular weight is 545 g/mol. The Kier molecular flexibility index (Phi) is 6.52. The predicted octanol–water partition coefficient (Wildman–Crippen LogP) is 2.30. The first-order chi connectivity index (χ1) is 19.5. The Bertz CT molecular complexity index is 1430. The number of pyridine rings is 2. The van der Waals surface area contributed by atoms with Crippen LogP contribution < -0.4 is 10.2 Å². The van der Waals surface area contributed by atoms with Crippen LogP contribution in [0.5, 0.6) is 0 Å². The van der Waals surface area contributed by atoms with Gasteiger partial charge in [0.25, 0.3) is 0 Å². The van der Waals surface area contributed by atoms with Crippen molar-refractivity contribution < 1.29 is 15.0 Å². The molecular formula is C29H36N8O3. The van der Waals surface area contributed by atoms with E-state index < -0.39 is 6.10 Å². The molecular weight excluding hydrogens is 508 g/mol. The molecule has 4 aliphatic rings. The van der Waals surface area contributed by atoms with Crippen LogP contribution in [0.15, 0.2) is 24.4 Å². The maximum Gasteiger partial charge on any atom is 0.240 e. The van der Waals surface area contributed by atoms with Gasteiger partial charge in [0.05, 0.1) is 24.4 Å². The van der Waals surface area contributed by atoms with E-state index in [1.54, 1.807) is 13.1 Å². The van der Waals surface area contributed by atoms with E-state index in [2.05, 4.69) is 15.2 Å². The Labute approximate surface area is 233 Å². The Morgan fingerprint density at radius 1 is 1.10 bits per heavy atom. The number of aromatic nitrogens is 4. The van der Waals surface area contributed by atoms with Crippen molar-refractivity contribution in [3.63, 3.8) is 0 Å². The number of carbonyl (C=O) groups is 1. The third kappa shape index (κ3) is 4.46. The molecule has 2 bridgehead atoms. The van der Waals surface area contributed by atoms with Crippen LogP contribution in [0.25, 0.3) is 10.9 Å². The number of nitrogens with one attached hydrogen (secondary N) is 1. The summed E-state index contributed by atoms with van der Waals surface area (Å²) in [5.74, 6) is 2.12. The zero-order chi connectivity index (χ0) is 27.4. The minimum atomic E-state index is -0.666. The molecule has 11 heteroatoms. The van der Waals surface area contributed by atoms with Gasteiger partial charge in [-0.1, -0.05) is 6.07 Å². The van der Waals surface area contributed by atoms with E-state index >= 15 is 0 Å². The lowest BCUT2D eigenvalue weighted by atomic mass is 9.99. The van der Waals surface area contributed by atoms with Crippen LogP contribution in [0.4, 0.5) is 17.6 Å². The zero-order valence-electron chi connectivity index (χ0n) is 22.8. The molecule has 3 fully saturated rings. The SMILES string of the molecule is CC(O)c1cc2cnc(Nc3ccc4c(n3)CCN(C(=O)[C@@H]3CCN3CCO)C4)nc2c(N2C3CCC2CC3)n1. The number of aliphatic hydroxyl groups is 2. The second-order valence-corrected chi connectivity index (χ2v) is 11.5. The summed E-state index contributed by atoms with van der Waals surface area (Å²) in [6.45, 7) is 4.42. The van der Waals surface area contributed by atoms with E-state index in [1.165, 1.54) is 25.7 Å². The molecule has 7 rings (SSSR count). The van der Waals surface area contributed by atoms with Crippen LogP contribution in [0.1, 0.15) is 62.1 Å². The number of likely N-dealkylation sites (tertiary alicyclic amines) is 1. The van der Waals surface area contributed by atoms with Crippen LogP contribution in [0.2, 0.25) is 0 Å². The highest BCUT2D eigenvalue weighted by Crippen LogP contribution is 2.42. The molecule has 0 saturated carbocycles. The Morgan fingerprint density at radius 3 is 2.60 bits per heavy atom. The number of hydrogen-bond donors (Lipinski definition) is 3. The third-order valence-corrected chi connectivity index (χ3v) is 9.10. The topological polar surface area (TPSA) is 131 Å². The Hall–Kier alpha value is -3.41. The van der Waals surface area contributed by atoms with E-state index in [0.29, 0.717) is 55.6 Å². The maximum atomic E-state index is 13.0. The number of anilines is 3. The first-order valence-electron chi connectivity index (χ1n) is 14.5. The number of β-amino-alcohol motifs (C(OH)–C–C–N with tert-alkyl or cyclic N) is 1. The molecule has 3 aromatic heterocycles. The molecule has 1 amide bonds. The van der Waals surface area contributed by atoms with Crippen molar-refractivity contribution in [1.82, 2.24) is 29.7 Å². The van der Waals surface area contributed by atoms with Crippen molar-refractivity contribution >= 4 is 34.4 Å². The largest absolute Gasteiger partial charge is 0.395 e. The summed E-state index contributed by atoms with van der Waals surface area (Å²) in [5, 5.41) is 23.7.